The molecule has 0 spiro atoms. The van der Waals surface area contributed by atoms with Crippen LogP contribution in [0, 0.1) is 5.82 Å². The first kappa shape index (κ1) is 14.8. The molecule has 0 radical (unpaired) electrons. The summed E-state index contributed by atoms with van der Waals surface area (Å²) in [7, 11) is 1.89. The molecule has 1 N–H and O–H groups in total. The van der Waals surface area contributed by atoms with Crippen LogP contribution in [-0.2, 0) is 6.54 Å². The van der Waals surface area contributed by atoms with Crippen molar-refractivity contribution in [3.05, 3.63) is 58.9 Å². The molecule has 0 atom stereocenters. The Morgan fingerprint density at radius 2 is 1.75 bits per heavy atom. The fourth-order valence-electron chi connectivity index (χ4n) is 2.17. The first-order valence-electron chi connectivity index (χ1n) is 6.62. The van der Waals surface area contributed by atoms with E-state index in [1.165, 1.54) is 12.1 Å². The zero-order valence-corrected chi connectivity index (χ0v) is 12.4. The van der Waals surface area contributed by atoms with Gasteiger partial charge in [-0.05, 0) is 55.9 Å². The van der Waals surface area contributed by atoms with Crippen LogP contribution in [0.25, 0.3) is 0 Å². The number of benzene rings is 2. The monoisotopic (exact) mass is 292 g/mol. The summed E-state index contributed by atoms with van der Waals surface area (Å²) in [6.07, 6.45) is 0. The van der Waals surface area contributed by atoms with Crippen LogP contribution >= 0.6 is 11.6 Å². The van der Waals surface area contributed by atoms with Crippen LogP contribution < -0.4 is 10.2 Å². The Bertz CT molecular complexity index is 569. The molecule has 0 heterocycles. The lowest BCUT2D eigenvalue weighted by molar-refractivity contribution is 0.628. The second kappa shape index (κ2) is 6.73. The van der Waals surface area contributed by atoms with Gasteiger partial charge < -0.3 is 10.2 Å². The molecule has 2 nitrogen and oxygen atoms in total. The number of anilines is 2. The van der Waals surface area contributed by atoms with E-state index in [1.807, 2.05) is 25.2 Å². The highest BCUT2D eigenvalue weighted by Crippen LogP contribution is 2.29. The maximum Gasteiger partial charge on any atom is 0.123 e. The average Bonchev–Trinajstić information content (AvgIpc) is 2.45. The van der Waals surface area contributed by atoms with Crippen LogP contribution in [0.5, 0.6) is 0 Å². The van der Waals surface area contributed by atoms with E-state index in [0.29, 0.717) is 0 Å². The summed E-state index contributed by atoms with van der Waals surface area (Å²) in [5, 5.41) is 3.82. The molecule has 2 rings (SSSR count). The summed E-state index contributed by atoms with van der Waals surface area (Å²) >= 11 is 6.30. The van der Waals surface area contributed by atoms with E-state index in [0.717, 1.165) is 35.1 Å². The van der Waals surface area contributed by atoms with Gasteiger partial charge in [0.2, 0.25) is 0 Å². The number of hydrogen-bond acceptors (Lipinski definition) is 2. The number of hydrogen-bond donors (Lipinski definition) is 1. The number of halogens is 2. The van der Waals surface area contributed by atoms with Crippen molar-refractivity contribution >= 4 is 23.0 Å². The standard InChI is InChI=1S/C16H18ClFN2/c1-3-20(14-8-5-13(18)6-9-14)15-7-4-12(11-19-2)16(17)10-15/h4-10,19H,3,11H2,1-2H3. The molecule has 2 aromatic carbocycles. The highest BCUT2D eigenvalue weighted by Gasteiger charge is 2.09. The first-order valence-corrected chi connectivity index (χ1v) is 6.99. The van der Waals surface area contributed by atoms with Gasteiger partial charge in [-0.15, -0.1) is 0 Å². The van der Waals surface area contributed by atoms with Gasteiger partial charge in [-0.1, -0.05) is 17.7 Å². The van der Waals surface area contributed by atoms with E-state index in [2.05, 4.69) is 17.1 Å². The fraction of sp³-hybridized carbons (Fsp3) is 0.250. The molecule has 0 aliphatic heterocycles. The van der Waals surface area contributed by atoms with Gasteiger partial charge >= 0.3 is 0 Å². The number of nitrogens with one attached hydrogen (secondary N) is 1. The van der Waals surface area contributed by atoms with Gasteiger partial charge in [0.05, 0.1) is 0 Å². The lowest BCUT2D eigenvalue weighted by atomic mass is 10.1. The Labute approximate surface area is 124 Å². The van der Waals surface area contributed by atoms with Crippen LogP contribution in [0.4, 0.5) is 15.8 Å². The zero-order chi connectivity index (χ0) is 14.5. The van der Waals surface area contributed by atoms with Crippen molar-refractivity contribution in [2.75, 3.05) is 18.5 Å². The third-order valence-electron chi connectivity index (χ3n) is 3.17. The average molecular weight is 293 g/mol. The minimum atomic E-state index is -0.229. The summed E-state index contributed by atoms with van der Waals surface area (Å²) in [5.74, 6) is -0.229. The lowest BCUT2D eigenvalue weighted by Gasteiger charge is -2.24. The van der Waals surface area contributed by atoms with E-state index in [9.17, 15) is 4.39 Å². The van der Waals surface area contributed by atoms with Gasteiger partial charge in [-0.3, -0.25) is 0 Å². The molecule has 20 heavy (non-hydrogen) atoms. The Balaban J connectivity index is 2.32. The number of rotatable bonds is 5. The topological polar surface area (TPSA) is 15.3 Å². The van der Waals surface area contributed by atoms with Gasteiger partial charge in [0.15, 0.2) is 0 Å². The Morgan fingerprint density at radius 3 is 2.30 bits per heavy atom. The SMILES string of the molecule is CCN(c1ccc(F)cc1)c1ccc(CNC)c(Cl)c1. The highest BCUT2D eigenvalue weighted by atomic mass is 35.5. The van der Waals surface area contributed by atoms with E-state index in [-0.39, 0.29) is 5.82 Å². The van der Waals surface area contributed by atoms with Crippen LogP contribution in [0.1, 0.15) is 12.5 Å². The Kier molecular flexibility index (Phi) is 4.99. The summed E-state index contributed by atoms with van der Waals surface area (Å²) in [5.41, 5.74) is 3.02. The van der Waals surface area contributed by atoms with Crippen LogP contribution in [0.15, 0.2) is 42.5 Å². The molecule has 0 aliphatic rings. The predicted octanol–water partition coefficient (Wildman–Crippen LogP) is 4.36. The van der Waals surface area contributed by atoms with Gasteiger partial charge in [0, 0.05) is 29.5 Å². The molecule has 0 aromatic heterocycles. The normalized spacial score (nSPS) is 10.6. The maximum absolute atomic E-state index is 13.0. The van der Waals surface area contributed by atoms with E-state index < -0.39 is 0 Å². The predicted molar refractivity (Wildman–Crippen MR) is 83.3 cm³/mol. The minimum Gasteiger partial charge on any atom is -0.342 e. The van der Waals surface area contributed by atoms with Crippen molar-refractivity contribution in [3.63, 3.8) is 0 Å². The molecule has 0 saturated carbocycles. The van der Waals surface area contributed by atoms with Crippen molar-refractivity contribution in [1.82, 2.24) is 5.32 Å². The lowest BCUT2D eigenvalue weighted by Crippen LogP contribution is -2.16. The molecule has 0 saturated heterocycles. The third-order valence-corrected chi connectivity index (χ3v) is 3.52. The van der Waals surface area contributed by atoms with Crippen LogP contribution in [0.3, 0.4) is 0 Å². The molecule has 0 fully saturated rings. The quantitative estimate of drug-likeness (QED) is 0.881. The van der Waals surface area contributed by atoms with E-state index >= 15 is 0 Å². The molecular formula is C16H18ClFN2. The summed E-state index contributed by atoms with van der Waals surface area (Å²) in [4.78, 5) is 2.09. The zero-order valence-electron chi connectivity index (χ0n) is 11.7. The fourth-order valence-corrected chi connectivity index (χ4v) is 2.41. The van der Waals surface area contributed by atoms with Crippen molar-refractivity contribution in [2.24, 2.45) is 0 Å². The van der Waals surface area contributed by atoms with Gasteiger partial charge in [0.1, 0.15) is 5.82 Å². The second-order valence-electron chi connectivity index (χ2n) is 4.53. The smallest absolute Gasteiger partial charge is 0.123 e. The molecule has 2 aromatic rings. The van der Waals surface area contributed by atoms with E-state index in [1.54, 1.807) is 12.1 Å². The van der Waals surface area contributed by atoms with Crippen LogP contribution in [0.2, 0.25) is 5.02 Å². The molecule has 4 heteroatoms. The molecule has 0 bridgehead atoms. The van der Waals surface area contributed by atoms with Gasteiger partial charge in [-0.2, -0.15) is 0 Å². The van der Waals surface area contributed by atoms with Crippen molar-refractivity contribution in [1.29, 1.82) is 0 Å². The maximum atomic E-state index is 13.0. The molecule has 0 amide bonds. The summed E-state index contributed by atoms with van der Waals surface area (Å²) < 4.78 is 13.0. The molecule has 106 valence electrons. The summed E-state index contributed by atoms with van der Waals surface area (Å²) in [6.45, 7) is 3.58. The molecular weight excluding hydrogens is 275 g/mol. The van der Waals surface area contributed by atoms with Crippen molar-refractivity contribution in [2.45, 2.75) is 13.5 Å². The third kappa shape index (κ3) is 3.30. The van der Waals surface area contributed by atoms with Crippen LogP contribution in [-0.4, -0.2) is 13.6 Å². The van der Waals surface area contributed by atoms with Crippen molar-refractivity contribution in [3.8, 4) is 0 Å². The Hall–Kier alpha value is -1.58. The van der Waals surface area contributed by atoms with Gasteiger partial charge in [0.25, 0.3) is 0 Å². The number of nitrogens with zero attached hydrogens (tertiary/aromatic N) is 1. The summed E-state index contributed by atoms with van der Waals surface area (Å²) in [6, 6.07) is 12.5. The minimum absolute atomic E-state index is 0.229. The Morgan fingerprint density at radius 1 is 1.10 bits per heavy atom. The largest absolute Gasteiger partial charge is 0.342 e. The van der Waals surface area contributed by atoms with E-state index in [4.69, 9.17) is 11.6 Å². The molecule has 0 unspecified atom stereocenters. The highest BCUT2D eigenvalue weighted by molar-refractivity contribution is 6.31. The first-order chi connectivity index (χ1) is 9.65. The second-order valence-corrected chi connectivity index (χ2v) is 4.93. The molecule has 0 aliphatic carbocycles. The van der Waals surface area contributed by atoms with Crippen molar-refractivity contribution < 1.29 is 4.39 Å². The van der Waals surface area contributed by atoms with Gasteiger partial charge in [-0.25, -0.2) is 4.39 Å².